The molecule has 0 aromatic carbocycles. The summed E-state index contributed by atoms with van der Waals surface area (Å²) >= 11 is 0. The van der Waals surface area contributed by atoms with Crippen LogP contribution in [0, 0.1) is 5.92 Å². The van der Waals surface area contributed by atoms with Crippen LogP contribution in [-0.4, -0.2) is 5.78 Å². The second-order valence-electron chi connectivity index (χ2n) is 7.76. The summed E-state index contributed by atoms with van der Waals surface area (Å²) in [6, 6.07) is 0. The van der Waals surface area contributed by atoms with E-state index >= 15 is 0 Å². The predicted molar refractivity (Wildman–Crippen MR) is 108 cm³/mol. The maximum atomic E-state index is 10.9. The van der Waals surface area contributed by atoms with E-state index in [0.717, 1.165) is 25.2 Å². The van der Waals surface area contributed by atoms with Gasteiger partial charge in [0.1, 0.15) is 5.78 Å². The molecule has 0 bridgehead atoms. The molecule has 0 atom stereocenters. The molecule has 0 aliphatic heterocycles. The first-order valence-electron chi connectivity index (χ1n) is 9.77. The van der Waals surface area contributed by atoms with Crippen LogP contribution in [0.4, 0.5) is 0 Å². The van der Waals surface area contributed by atoms with E-state index in [2.05, 4.69) is 52.8 Å². The molecule has 0 saturated heterocycles. The summed E-state index contributed by atoms with van der Waals surface area (Å²) in [7, 11) is 0. The molecule has 0 heterocycles. The van der Waals surface area contributed by atoms with Gasteiger partial charge in [-0.05, 0) is 78.6 Å². The van der Waals surface area contributed by atoms with Gasteiger partial charge in [-0.15, -0.1) is 0 Å². The van der Waals surface area contributed by atoms with Gasteiger partial charge in [0.2, 0.25) is 0 Å². The molecule has 0 aromatic rings. The van der Waals surface area contributed by atoms with Crippen molar-refractivity contribution in [3.63, 3.8) is 0 Å². The largest absolute Gasteiger partial charge is 0.300 e. The van der Waals surface area contributed by atoms with Gasteiger partial charge in [0, 0.05) is 6.42 Å². The number of carbonyl (C=O) groups excluding carboxylic acids is 1. The Morgan fingerprint density at radius 1 is 0.708 bits per heavy atom. The van der Waals surface area contributed by atoms with Crippen LogP contribution in [0.25, 0.3) is 0 Å². The number of allylic oxidation sites excluding steroid dienone is 6. The molecule has 0 fully saturated rings. The summed E-state index contributed by atoms with van der Waals surface area (Å²) in [5.74, 6) is 1.10. The van der Waals surface area contributed by atoms with E-state index in [0.29, 0.717) is 6.42 Å². The first-order valence-corrected chi connectivity index (χ1v) is 9.77. The van der Waals surface area contributed by atoms with Gasteiger partial charge in [0.15, 0.2) is 0 Å². The number of Topliss-reactive ketones (excluding diaryl/α,β-unsaturated/α-hetero) is 1. The molecule has 0 N–H and O–H groups in total. The van der Waals surface area contributed by atoms with Crippen LogP contribution < -0.4 is 0 Å². The molecule has 1 heteroatoms. The second kappa shape index (κ2) is 14.3. The molecule has 24 heavy (non-hydrogen) atoms. The number of ketones is 1. The van der Waals surface area contributed by atoms with Gasteiger partial charge in [-0.1, -0.05) is 55.2 Å². The molecule has 0 unspecified atom stereocenters. The summed E-state index contributed by atoms with van der Waals surface area (Å²) in [4.78, 5) is 10.9. The number of hydrogen-bond acceptors (Lipinski definition) is 1. The monoisotopic (exact) mass is 332 g/mol. The van der Waals surface area contributed by atoms with Crippen LogP contribution in [0.15, 0.2) is 34.9 Å². The molecular weight excluding hydrogens is 292 g/mol. The van der Waals surface area contributed by atoms with Crippen molar-refractivity contribution in [1.82, 2.24) is 0 Å². The van der Waals surface area contributed by atoms with Crippen LogP contribution in [-0.2, 0) is 4.79 Å². The van der Waals surface area contributed by atoms with E-state index in [-0.39, 0.29) is 5.78 Å². The fourth-order valence-corrected chi connectivity index (χ4v) is 2.71. The third kappa shape index (κ3) is 15.8. The highest BCUT2D eigenvalue weighted by Crippen LogP contribution is 2.15. The van der Waals surface area contributed by atoms with Crippen molar-refractivity contribution in [2.75, 3.05) is 0 Å². The smallest absolute Gasteiger partial charge is 0.130 e. The lowest BCUT2D eigenvalue weighted by atomic mass is 10.0. The zero-order chi connectivity index (χ0) is 18.4. The van der Waals surface area contributed by atoms with Gasteiger partial charge in [0.05, 0.1) is 0 Å². The van der Waals surface area contributed by atoms with Crippen LogP contribution in [0.2, 0.25) is 0 Å². The SMILES string of the molecule is CC(=O)CC/C=C(/C)CC/C=C(/C)CC/C=C(/C)CCCC(C)C. The highest BCUT2D eigenvalue weighted by Gasteiger charge is 1.96. The molecule has 1 nitrogen and oxygen atoms in total. The minimum atomic E-state index is 0.280. The quantitative estimate of drug-likeness (QED) is 0.318. The van der Waals surface area contributed by atoms with Gasteiger partial charge in [-0.3, -0.25) is 0 Å². The average molecular weight is 333 g/mol. The summed E-state index contributed by atoms with van der Waals surface area (Å²) in [5.41, 5.74) is 4.45. The molecule has 0 aromatic heterocycles. The molecule has 138 valence electrons. The van der Waals surface area contributed by atoms with Crippen molar-refractivity contribution >= 4 is 5.78 Å². The normalized spacial score (nSPS) is 13.7. The third-order valence-corrected chi connectivity index (χ3v) is 4.40. The summed E-state index contributed by atoms with van der Waals surface area (Å²) in [6.45, 7) is 13.0. The first-order chi connectivity index (χ1) is 11.3. The Balaban J connectivity index is 3.92. The molecule has 0 amide bonds. The standard InChI is InChI=1S/C23H40O/c1-19(2)11-7-12-20(3)13-8-14-21(4)15-9-16-22(5)17-10-18-23(6)24/h13,15,17,19H,7-12,14,16,18H2,1-6H3/b20-13-,21-15-,22-17-. The number of hydrogen-bond donors (Lipinski definition) is 0. The van der Waals surface area contributed by atoms with Gasteiger partial charge in [-0.25, -0.2) is 0 Å². The Morgan fingerprint density at radius 3 is 1.54 bits per heavy atom. The molecular formula is C23H40O. The zero-order valence-electron chi connectivity index (χ0n) is 17.1. The average Bonchev–Trinajstić information content (AvgIpc) is 2.46. The Morgan fingerprint density at radius 2 is 1.12 bits per heavy atom. The topological polar surface area (TPSA) is 17.1 Å². The van der Waals surface area contributed by atoms with Gasteiger partial charge >= 0.3 is 0 Å². The Hall–Kier alpha value is -1.11. The molecule has 0 radical (unpaired) electrons. The van der Waals surface area contributed by atoms with Gasteiger partial charge < -0.3 is 4.79 Å². The van der Waals surface area contributed by atoms with Gasteiger partial charge in [-0.2, -0.15) is 0 Å². The Bertz CT molecular complexity index is 435. The van der Waals surface area contributed by atoms with E-state index in [1.807, 2.05) is 0 Å². The van der Waals surface area contributed by atoms with Gasteiger partial charge in [0.25, 0.3) is 0 Å². The summed E-state index contributed by atoms with van der Waals surface area (Å²) in [6.07, 6.45) is 17.1. The number of rotatable bonds is 13. The van der Waals surface area contributed by atoms with E-state index in [1.165, 1.54) is 43.3 Å². The molecule has 0 saturated carbocycles. The van der Waals surface area contributed by atoms with Crippen LogP contribution in [0.3, 0.4) is 0 Å². The van der Waals surface area contributed by atoms with Crippen LogP contribution >= 0.6 is 0 Å². The molecule has 0 aliphatic carbocycles. The minimum Gasteiger partial charge on any atom is -0.300 e. The third-order valence-electron chi connectivity index (χ3n) is 4.40. The van der Waals surface area contributed by atoms with Crippen molar-refractivity contribution in [3.05, 3.63) is 34.9 Å². The lowest BCUT2D eigenvalue weighted by Gasteiger charge is -2.05. The summed E-state index contributed by atoms with van der Waals surface area (Å²) in [5, 5.41) is 0. The van der Waals surface area contributed by atoms with E-state index in [9.17, 15) is 4.79 Å². The lowest BCUT2D eigenvalue weighted by Crippen LogP contribution is -1.88. The van der Waals surface area contributed by atoms with Crippen molar-refractivity contribution in [1.29, 1.82) is 0 Å². The zero-order valence-corrected chi connectivity index (χ0v) is 17.1. The van der Waals surface area contributed by atoms with Crippen LogP contribution in [0.5, 0.6) is 0 Å². The number of carbonyl (C=O) groups is 1. The fraction of sp³-hybridized carbons (Fsp3) is 0.696. The lowest BCUT2D eigenvalue weighted by molar-refractivity contribution is -0.116. The van der Waals surface area contributed by atoms with Crippen molar-refractivity contribution in [2.24, 2.45) is 5.92 Å². The molecule has 0 aliphatic rings. The molecule has 0 spiro atoms. The van der Waals surface area contributed by atoms with E-state index < -0.39 is 0 Å². The van der Waals surface area contributed by atoms with Crippen molar-refractivity contribution in [3.8, 4) is 0 Å². The highest BCUT2D eigenvalue weighted by atomic mass is 16.1. The predicted octanol–water partition coefficient (Wildman–Crippen LogP) is 7.58. The molecule has 0 rings (SSSR count). The second-order valence-corrected chi connectivity index (χ2v) is 7.76. The van der Waals surface area contributed by atoms with E-state index in [1.54, 1.807) is 12.5 Å². The maximum Gasteiger partial charge on any atom is 0.130 e. The maximum absolute atomic E-state index is 10.9. The highest BCUT2D eigenvalue weighted by molar-refractivity contribution is 5.75. The van der Waals surface area contributed by atoms with E-state index in [4.69, 9.17) is 0 Å². The van der Waals surface area contributed by atoms with Crippen LogP contribution in [0.1, 0.15) is 99.3 Å². The van der Waals surface area contributed by atoms with Crippen molar-refractivity contribution < 1.29 is 4.79 Å². The Kier molecular flexibility index (Phi) is 13.6. The minimum absolute atomic E-state index is 0.280. The van der Waals surface area contributed by atoms with Crippen molar-refractivity contribution in [2.45, 2.75) is 99.3 Å². The first kappa shape index (κ1) is 22.9. The Labute approximate surface area is 151 Å². The fourth-order valence-electron chi connectivity index (χ4n) is 2.71. The summed E-state index contributed by atoms with van der Waals surface area (Å²) < 4.78 is 0.